The Hall–Kier alpha value is -4.32. The van der Waals surface area contributed by atoms with E-state index >= 15 is 0 Å². The summed E-state index contributed by atoms with van der Waals surface area (Å²) >= 11 is 0. The van der Waals surface area contributed by atoms with Crippen LogP contribution in [0.15, 0.2) is 77.9 Å². The molecule has 0 spiro atoms. The zero-order valence-corrected chi connectivity index (χ0v) is 18.6. The molecule has 3 aromatic heterocycles. The first kappa shape index (κ1) is 19.4. The van der Waals surface area contributed by atoms with Crippen molar-refractivity contribution in [3.63, 3.8) is 0 Å². The zero-order valence-electron chi connectivity index (χ0n) is 18.6. The smallest absolute Gasteiger partial charge is 0.269 e. The molecule has 33 heavy (non-hydrogen) atoms. The minimum atomic E-state index is -0.161. The number of aryl methyl sites for hydroxylation is 3. The molecule has 6 nitrogen and oxygen atoms in total. The molecule has 0 saturated heterocycles. The summed E-state index contributed by atoms with van der Waals surface area (Å²) in [6, 6.07) is 21.9. The second-order valence-electron chi connectivity index (χ2n) is 8.52. The summed E-state index contributed by atoms with van der Waals surface area (Å²) in [5, 5.41) is 0.464. The number of rotatable bonds is 2. The van der Waals surface area contributed by atoms with Crippen molar-refractivity contribution in [2.45, 2.75) is 20.8 Å². The van der Waals surface area contributed by atoms with Crippen LogP contribution >= 0.6 is 0 Å². The minimum absolute atomic E-state index is 0.161. The minimum Gasteiger partial charge on any atom is -0.276 e. The molecule has 0 amide bonds. The van der Waals surface area contributed by atoms with E-state index < -0.39 is 0 Å². The molecule has 3 aromatic carbocycles. The van der Waals surface area contributed by atoms with Gasteiger partial charge in [0.05, 0.1) is 16.7 Å². The number of nitrogens with zero attached hydrogens (tertiary/aromatic N) is 5. The Labute approximate surface area is 189 Å². The molecule has 6 aromatic rings. The summed E-state index contributed by atoms with van der Waals surface area (Å²) in [6.45, 7) is 6.09. The summed E-state index contributed by atoms with van der Waals surface area (Å²) in [6.07, 6.45) is 1.60. The first-order valence-corrected chi connectivity index (χ1v) is 10.8. The van der Waals surface area contributed by atoms with Gasteiger partial charge >= 0.3 is 0 Å². The van der Waals surface area contributed by atoms with Crippen molar-refractivity contribution in [3.8, 4) is 11.4 Å². The van der Waals surface area contributed by atoms with Gasteiger partial charge in [-0.1, -0.05) is 30.3 Å². The van der Waals surface area contributed by atoms with E-state index in [4.69, 9.17) is 15.0 Å². The van der Waals surface area contributed by atoms with Crippen LogP contribution in [0, 0.1) is 20.8 Å². The Balaban J connectivity index is 1.78. The number of benzene rings is 3. The maximum absolute atomic E-state index is 13.9. The first-order chi connectivity index (χ1) is 16.0. The molecule has 6 heteroatoms. The van der Waals surface area contributed by atoms with Crippen molar-refractivity contribution in [3.05, 3.63) is 100 Å². The number of hydrogen-bond donors (Lipinski definition) is 0. The molecule has 0 bridgehead atoms. The topological polar surface area (TPSA) is 65.6 Å². The molecule has 3 heterocycles. The van der Waals surface area contributed by atoms with Crippen LogP contribution in [0.1, 0.15) is 16.7 Å². The van der Waals surface area contributed by atoms with Crippen LogP contribution in [-0.4, -0.2) is 24.1 Å². The summed E-state index contributed by atoms with van der Waals surface area (Å²) < 4.78 is 3.53. The number of aromatic nitrogens is 5. The quantitative estimate of drug-likeness (QED) is 0.378. The highest BCUT2D eigenvalue weighted by atomic mass is 16.1. The molecule has 0 aliphatic rings. The third-order valence-corrected chi connectivity index (χ3v) is 5.91. The van der Waals surface area contributed by atoms with Crippen LogP contribution in [0.4, 0.5) is 0 Å². The zero-order chi connectivity index (χ0) is 22.7. The molecule has 160 valence electrons. The summed E-state index contributed by atoms with van der Waals surface area (Å²) in [5.41, 5.74) is 8.06. The standard InChI is InChI=1S/C27H21N5O/c1-16-7-6-8-19(12-16)32-25-23(24-26(32)30-22-10-5-4-9-21(22)29-24)27(33)31(15-28-25)20-13-17(2)11-18(3)14-20/h4-15H,1-3H3. The van der Waals surface area contributed by atoms with Gasteiger partial charge in [-0.15, -0.1) is 0 Å². The van der Waals surface area contributed by atoms with Crippen molar-refractivity contribution < 1.29 is 0 Å². The van der Waals surface area contributed by atoms with Crippen molar-refractivity contribution in [1.82, 2.24) is 24.1 Å². The van der Waals surface area contributed by atoms with Gasteiger partial charge in [-0.2, -0.15) is 0 Å². The van der Waals surface area contributed by atoms with Gasteiger partial charge in [0.2, 0.25) is 0 Å². The molecule has 0 saturated carbocycles. The number of hydrogen-bond acceptors (Lipinski definition) is 4. The second-order valence-corrected chi connectivity index (χ2v) is 8.52. The fourth-order valence-electron chi connectivity index (χ4n) is 4.52. The maximum atomic E-state index is 13.9. The molecule has 0 fully saturated rings. The SMILES string of the molecule is Cc1cc(C)cc(-n2cnc3c(c2=O)c2nc4ccccc4nc2n3-c2cccc(C)c2)c1. The average molecular weight is 431 g/mol. The van der Waals surface area contributed by atoms with Crippen molar-refractivity contribution >= 4 is 33.2 Å². The van der Waals surface area contributed by atoms with Crippen LogP contribution < -0.4 is 5.56 Å². The predicted molar refractivity (Wildman–Crippen MR) is 131 cm³/mol. The van der Waals surface area contributed by atoms with Crippen LogP contribution in [0.3, 0.4) is 0 Å². The second kappa shape index (κ2) is 7.10. The van der Waals surface area contributed by atoms with E-state index in [1.165, 1.54) is 0 Å². The van der Waals surface area contributed by atoms with E-state index in [-0.39, 0.29) is 5.56 Å². The Morgan fingerprint density at radius 2 is 1.39 bits per heavy atom. The highest BCUT2D eigenvalue weighted by molar-refractivity contribution is 6.05. The molecule has 0 radical (unpaired) electrons. The van der Waals surface area contributed by atoms with Gasteiger partial charge in [0, 0.05) is 5.69 Å². The summed E-state index contributed by atoms with van der Waals surface area (Å²) in [7, 11) is 0. The lowest BCUT2D eigenvalue weighted by Gasteiger charge is -2.09. The van der Waals surface area contributed by atoms with E-state index in [1.807, 2.05) is 79.9 Å². The average Bonchev–Trinajstić information content (AvgIpc) is 3.11. The van der Waals surface area contributed by atoms with Gasteiger partial charge in [-0.3, -0.25) is 13.9 Å². The molecular formula is C27H21N5O. The van der Waals surface area contributed by atoms with Gasteiger partial charge < -0.3 is 0 Å². The molecular weight excluding hydrogens is 410 g/mol. The van der Waals surface area contributed by atoms with Gasteiger partial charge in [-0.05, 0) is 73.9 Å². The lowest BCUT2D eigenvalue weighted by molar-refractivity contribution is 0.948. The van der Waals surface area contributed by atoms with E-state index in [0.29, 0.717) is 22.2 Å². The Kier molecular flexibility index (Phi) is 4.17. The summed E-state index contributed by atoms with van der Waals surface area (Å²) in [4.78, 5) is 28.4. The van der Waals surface area contributed by atoms with Gasteiger partial charge in [0.15, 0.2) is 11.3 Å². The number of para-hydroxylation sites is 2. The lowest BCUT2D eigenvalue weighted by Crippen LogP contribution is -2.19. The first-order valence-electron chi connectivity index (χ1n) is 10.8. The Bertz CT molecular complexity index is 1760. The van der Waals surface area contributed by atoms with Crippen molar-refractivity contribution in [2.75, 3.05) is 0 Å². The van der Waals surface area contributed by atoms with Gasteiger partial charge in [-0.25, -0.2) is 15.0 Å². The van der Waals surface area contributed by atoms with Crippen LogP contribution in [0.2, 0.25) is 0 Å². The van der Waals surface area contributed by atoms with E-state index in [1.54, 1.807) is 10.9 Å². The third-order valence-electron chi connectivity index (χ3n) is 5.91. The van der Waals surface area contributed by atoms with Crippen LogP contribution in [0.25, 0.3) is 44.6 Å². The molecule has 0 atom stereocenters. The summed E-state index contributed by atoms with van der Waals surface area (Å²) in [5.74, 6) is 0. The monoisotopic (exact) mass is 431 g/mol. The Morgan fingerprint density at radius 3 is 2.12 bits per heavy atom. The van der Waals surface area contributed by atoms with E-state index in [2.05, 4.69) is 12.1 Å². The molecule has 0 unspecified atom stereocenters. The van der Waals surface area contributed by atoms with Gasteiger partial charge in [0.25, 0.3) is 5.56 Å². The number of fused-ring (bicyclic) bond motifs is 4. The van der Waals surface area contributed by atoms with Crippen LogP contribution in [0.5, 0.6) is 0 Å². The fraction of sp³-hybridized carbons (Fsp3) is 0.111. The Morgan fingerprint density at radius 1 is 0.697 bits per heavy atom. The fourth-order valence-corrected chi connectivity index (χ4v) is 4.52. The molecule has 0 aliphatic carbocycles. The van der Waals surface area contributed by atoms with Crippen molar-refractivity contribution in [1.29, 1.82) is 0 Å². The molecule has 0 aliphatic heterocycles. The van der Waals surface area contributed by atoms with Crippen molar-refractivity contribution in [2.24, 2.45) is 0 Å². The highest BCUT2D eigenvalue weighted by Crippen LogP contribution is 2.29. The predicted octanol–water partition coefficient (Wildman–Crippen LogP) is 5.20. The highest BCUT2D eigenvalue weighted by Gasteiger charge is 2.21. The normalized spacial score (nSPS) is 11.6. The van der Waals surface area contributed by atoms with E-state index in [9.17, 15) is 4.79 Å². The van der Waals surface area contributed by atoms with E-state index in [0.717, 1.165) is 39.1 Å². The van der Waals surface area contributed by atoms with Crippen LogP contribution in [-0.2, 0) is 0 Å². The molecule has 6 rings (SSSR count). The van der Waals surface area contributed by atoms with Gasteiger partial charge in [0.1, 0.15) is 17.2 Å². The largest absolute Gasteiger partial charge is 0.276 e. The lowest BCUT2D eigenvalue weighted by atomic mass is 10.1. The molecule has 0 N–H and O–H groups in total. The maximum Gasteiger partial charge on any atom is 0.269 e. The third kappa shape index (κ3) is 3.03.